The van der Waals surface area contributed by atoms with Crippen LogP contribution in [-0.4, -0.2) is 41.1 Å². The molecule has 1 rings (SSSR count). The van der Waals surface area contributed by atoms with Crippen molar-refractivity contribution < 1.29 is 9.59 Å². The third-order valence-corrected chi connectivity index (χ3v) is 6.55. The van der Waals surface area contributed by atoms with Crippen LogP contribution in [0.25, 0.3) is 0 Å². The molecule has 0 aliphatic heterocycles. The second-order valence-corrected chi connectivity index (χ2v) is 11.4. The zero-order valence-corrected chi connectivity index (χ0v) is 24.0. The lowest BCUT2D eigenvalue weighted by Crippen LogP contribution is -2.38. The van der Waals surface area contributed by atoms with Crippen LogP contribution in [0.15, 0.2) is 57.6 Å². The number of hydrogen-bond acceptors (Lipinski definition) is 5. The number of aliphatic imine (C=N–C) groups is 1. The summed E-state index contributed by atoms with van der Waals surface area (Å²) in [7, 11) is 0. The van der Waals surface area contributed by atoms with E-state index in [-0.39, 0.29) is 29.9 Å². The maximum Gasteiger partial charge on any atom is 0.230 e. The van der Waals surface area contributed by atoms with E-state index < -0.39 is 5.78 Å². The second-order valence-electron chi connectivity index (χ2n) is 8.87. The average molecular weight is 559 g/mol. The number of carbonyl (C=O) groups is 2. The van der Waals surface area contributed by atoms with E-state index in [2.05, 4.69) is 11.6 Å². The molecule has 0 bridgehead atoms. The predicted molar refractivity (Wildman–Crippen MR) is 153 cm³/mol. The van der Waals surface area contributed by atoms with Crippen molar-refractivity contribution in [3.8, 4) is 0 Å². The van der Waals surface area contributed by atoms with Gasteiger partial charge in [-0.1, -0.05) is 75.2 Å². The van der Waals surface area contributed by atoms with Crippen LogP contribution >= 0.6 is 46.6 Å². The van der Waals surface area contributed by atoms with Gasteiger partial charge >= 0.3 is 0 Å². The van der Waals surface area contributed by atoms with Crippen LogP contribution < -0.4 is 5.73 Å². The third-order valence-electron chi connectivity index (χ3n) is 4.73. The van der Waals surface area contributed by atoms with E-state index >= 15 is 0 Å². The lowest BCUT2D eigenvalue weighted by molar-refractivity contribution is -0.135. The van der Waals surface area contributed by atoms with Gasteiger partial charge in [0.1, 0.15) is 0 Å². The van der Waals surface area contributed by atoms with Crippen LogP contribution in [0.5, 0.6) is 0 Å². The molecule has 0 atom stereocenters. The highest BCUT2D eigenvalue weighted by molar-refractivity contribution is 8.05. The first-order valence-corrected chi connectivity index (χ1v) is 13.4. The van der Waals surface area contributed by atoms with Gasteiger partial charge in [0.05, 0.1) is 32.9 Å². The van der Waals surface area contributed by atoms with Gasteiger partial charge in [0.2, 0.25) is 5.91 Å². The van der Waals surface area contributed by atoms with Crippen LogP contribution in [0, 0.1) is 11.8 Å². The van der Waals surface area contributed by atoms with Crippen molar-refractivity contribution in [1.29, 1.82) is 0 Å². The summed E-state index contributed by atoms with van der Waals surface area (Å²) in [6, 6.07) is 4.94. The number of ketones is 1. The SMILES string of the molecule is C=C/C=C(/Cl)SCC(=Nc1ccc(Cl)cc1Cl)C(C)=C(N)C(=O)CC(=O)N(CC(C)C)CC(C)C. The Labute approximate surface area is 228 Å². The van der Waals surface area contributed by atoms with Gasteiger partial charge in [-0.3, -0.25) is 14.6 Å². The van der Waals surface area contributed by atoms with E-state index in [9.17, 15) is 9.59 Å². The number of carbonyl (C=O) groups excluding carboxylic acids is 2. The molecule has 1 aromatic rings. The molecule has 0 spiro atoms. The van der Waals surface area contributed by atoms with Crippen LogP contribution in [0.2, 0.25) is 10.0 Å². The maximum atomic E-state index is 13.0. The van der Waals surface area contributed by atoms with Crippen molar-refractivity contribution in [3.05, 3.63) is 62.6 Å². The van der Waals surface area contributed by atoms with Crippen molar-refractivity contribution in [2.75, 3.05) is 18.8 Å². The Morgan fingerprint density at radius 1 is 1.17 bits per heavy atom. The minimum absolute atomic E-state index is 0.0133. The highest BCUT2D eigenvalue weighted by atomic mass is 35.5. The summed E-state index contributed by atoms with van der Waals surface area (Å²) in [4.78, 5) is 32.3. The smallest absolute Gasteiger partial charge is 0.230 e. The fourth-order valence-corrected chi connectivity index (χ4v) is 4.54. The number of allylic oxidation sites excluding steroid dienone is 4. The Morgan fingerprint density at radius 3 is 2.29 bits per heavy atom. The van der Waals surface area contributed by atoms with Crippen LogP contribution in [0.3, 0.4) is 0 Å². The standard InChI is InChI=1S/C26H34Cl3N3O2S/c1-7-8-24(29)35-15-22(31-21-10-9-19(27)11-20(21)28)18(6)26(30)23(33)12-25(34)32(13-16(2)3)14-17(4)5/h7-11,16-17H,1,12-15,30H2,2-6H3/b24-8-,26-18?,31-22?. The highest BCUT2D eigenvalue weighted by Gasteiger charge is 2.22. The normalized spacial score (nSPS) is 13.2. The molecular formula is C26H34Cl3N3O2S. The van der Waals surface area contributed by atoms with Crippen LogP contribution in [0.4, 0.5) is 5.69 Å². The number of halogens is 3. The van der Waals surface area contributed by atoms with Gasteiger partial charge in [0, 0.05) is 23.9 Å². The lowest BCUT2D eigenvalue weighted by atomic mass is 10.0. The first kappa shape index (κ1) is 31.3. The molecule has 192 valence electrons. The first-order chi connectivity index (χ1) is 16.3. The van der Waals surface area contributed by atoms with Crippen molar-refractivity contribution >= 4 is 69.7 Å². The quantitative estimate of drug-likeness (QED) is 0.118. The molecule has 0 heterocycles. The number of rotatable bonds is 13. The third kappa shape index (κ3) is 11.2. The average Bonchev–Trinajstić information content (AvgIpc) is 2.76. The van der Waals surface area contributed by atoms with Crippen molar-refractivity contribution in [2.24, 2.45) is 22.6 Å². The molecule has 0 aliphatic rings. The van der Waals surface area contributed by atoms with E-state index in [1.807, 2.05) is 27.7 Å². The van der Waals surface area contributed by atoms with E-state index in [0.717, 1.165) is 0 Å². The van der Waals surface area contributed by atoms with E-state index in [1.54, 1.807) is 42.2 Å². The molecule has 35 heavy (non-hydrogen) atoms. The van der Waals surface area contributed by atoms with E-state index in [0.29, 0.717) is 50.2 Å². The topological polar surface area (TPSA) is 75.8 Å². The summed E-state index contributed by atoms with van der Waals surface area (Å²) in [5.41, 5.74) is 7.68. The number of thioether (sulfide) groups is 1. The molecule has 0 aromatic heterocycles. The number of amides is 1. The Kier molecular flexibility index (Phi) is 13.8. The van der Waals surface area contributed by atoms with Gasteiger partial charge < -0.3 is 10.6 Å². The van der Waals surface area contributed by atoms with Gasteiger partial charge in [-0.15, -0.1) is 11.8 Å². The molecule has 5 nitrogen and oxygen atoms in total. The molecule has 0 fully saturated rings. The molecule has 0 saturated carbocycles. The fraction of sp³-hybridized carbons (Fsp3) is 0.423. The molecule has 0 unspecified atom stereocenters. The Balaban J connectivity index is 3.28. The van der Waals surface area contributed by atoms with Gasteiger partial charge in [-0.05, 0) is 48.6 Å². The Bertz CT molecular complexity index is 1010. The largest absolute Gasteiger partial charge is 0.396 e. The van der Waals surface area contributed by atoms with Crippen molar-refractivity contribution in [3.63, 3.8) is 0 Å². The second kappa shape index (κ2) is 15.4. The summed E-state index contributed by atoms with van der Waals surface area (Å²) in [5, 5.41) is 0.841. The molecule has 1 amide bonds. The Hall–Kier alpha value is -1.73. The molecule has 9 heteroatoms. The monoisotopic (exact) mass is 557 g/mol. The number of nitrogens with two attached hydrogens (primary N) is 1. The van der Waals surface area contributed by atoms with Crippen LogP contribution in [-0.2, 0) is 9.59 Å². The maximum absolute atomic E-state index is 13.0. The minimum Gasteiger partial charge on any atom is -0.396 e. The number of Topliss-reactive ketones (excluding diaryl/α,β-unsaturated/α-hetero) is 1. The van der Waals surface area contributed by atoms with Crippen molar-refractivity contribution in [2.45, 2.75) is 41.0 Å². The fourth-order valence-electron chi connectivity index (χ4n) is 3.09. The van der Waals surface area contributed by atoms with Gasteiger partial charge in [0.25, 0.3) is 0 Å². The van der Waals surface area contributed by atoms with Gasteiger partial charge in [-0.2, -0.15) is 0 Å². The van der Waals surface area contributed by atoms with Crippen molar-refractivity contribution in [1.82, 2.24) is 4.90 Å². The molecule has 2 N–H and O–H groups in total. The van der Waals surface area contributed by atoms with Crippen LogP contribution in [0.1, 0.15) is 41.0 Å². The summed E-state index contributed by atoms with van der Waals surface area (Å²) >= 11 is 19.8. The molecule has 0 saturated heterocycles. The lowest BCUT2D eigenvalue weighted by Gasteiger charge is -2.26. The molecule has 0 radical (unpaired) electrons. The summed E-state index contributed by atoms with van der Waals surface area (Å²) in [5.74, 6) is 0.214. The molecular weight excluding hydrogens is 525 g/mol. The molecule has 0 aliphatic carbocycles. The van der Waals surface area contributed by atoms with Gasteiger partial charge in [-0.25, -0.2) is 0 Å². The summed E-state index contributed by atoms with van der Waals surface area (Å²) in [6.45, 7) is 14.6. The van der Waals surface area contributed by atoms with E-state index in [1.165, 1.54) is 11.8 Å². The highest BCUT2D eigenvalue weighted by Crippen LogP contribution is 2.30. The Morgan fingerprint density at radius 2 is 1.77 bits per heavy atom. The first-order valence-electron chi connectivity index (χ1n) is 11.3. The van der Waals surface area contributed by atoms with Gasteiger partial charge in [0.15, 0.2) is 5.78 Å². The molecule has 1 aromatic carbocycles. The number of nitrogens with zero attached hydrogens (tertiary/aromatic N) is 2. The predicted octanol–water partition coefficient (Wildman–Crippen LogP) is 7.40. The number of hydrogen-bond donors (Lipinski definition) is 1. The minimum atomic E-state index is -0.447. The zero-order chi connectivity index (χ0) is 26.7. The summed E-state index contributed by atoms with van der Waals surface area (Å²) < 4.78 is 0.501. The zero-order valence-electron chi connectivity index (χ0n) is 20.9. The van der Waals surface area contributed by atoms with E-state index in [4.69, 9.17) is 40.5 Å². The number of benzene rings is 1. The summed E-state index contributed by atoms with van der Waals surface area (Å²) in [6.07, 6.45) is 2.93.